The number of nitrogens with one attached hydrogen (secondary N) is 1. The number of halogens is 2. The Bertz CT molecular complexity index is 507. The first kappa shape index (κ1) is 19.5. The zero-order valence-corrected chi connectivity index (χ0v) is 15.7. The van der Waals surface area contributed by atoms with Crippen LogP contribution in [0.1, 0.15) is 45.1 Å². The summed E-state index contributed by atoms with van der Waals surface area (Å²) in [4.78, 5) is 12.3. The topological polar surface area (TPSA) is 55.1 Å². The van der Waals surface area contributed by atoms with E-state index in [0.29, 0.717) is 6.54 Å². The number of hydrogen-bond acceptors (Lipinski definition) is 2. The highest BCUT2D eigenvalue weighted by molar-refractivity contribution is 9.10. The summed E-state index contributed by atoms with van der Waals surface area (Å²) >= 11 is 3.50. The minimum absolute atomic E-state index is 0. The summed E-state index contributed by atoms with van der Waals surface area (Å²) in [7, 11) is 0. The van der Waals surface area contributed by atoms with Crippen molar-refractivity contribution in [3.8, 4) is 0 Å². The van der Waals surface area contributed by atoms with Crippen molar-refractivity contribution in [2.24, 2.45) is 11.7 Å². The van der Waals surface area contributed by atoms with E-state index >= 15 is 0 Å². The Morgan fingerprint density at radius 2 is 2.14 bits per heavy atom. The van der Waals surface area contributed by atoms with Crippen molar-refractivity contribution in [3.63, 3.8) is 0 Å². The fourth-order valence-corrected chi connectivity index (χ4v) is 3.33. The Labute approximate surface area is 148 Å². The molecular weight excluding hydrogens is 364 g/mol. The number of nitrogens with two attached hydrogens (primary N) is 1. The first-order valence-corrected chi connectivity index (χ1v) is 8.47. The molecule has 124 valence electrons. The Kier molecular flexibility index (Phi) is 7.36. The second-order valence-corrected chi connectivity index (χ2v) is 7.65. The average Bonchev–Trinajstić information content (AvgIpc) is 2.45. The number of rotatable bonds is 4. The Morgan fingerprint density at radius 3 is 2.77 bits per heavy atom. The molecule has 0 bridgehead atoms. The van der Waals surface area contributed by atoms with Gasteiger partial charge in [-0.15, -0.1) is 12.4 Å². The summed E-state index contributed by atoms with van der Waals surface area (Å²) in [6.45, 7) is 4.96. The van der Waals surface area contributed by atoms with Crippen molar-refractivity contribution in [1.29, 1.82) is 0 Å². The lowest BCUT2D eigenvalue weighted by atomic mass is 9.83. The third-order valence-electron chi connectivity index (χ3n) is 4.40. The Balaban J connectivity index is 0.00000242. The molecule has 0 saturated heterocycles. The molecule has 3 N–H and O–H groups in total. The van der Waals surface area contributed by atoms with E-state index in [1.807, 2.05) is 12.1 Å². The molecule has 5 heteroatoms. The average molecular weight is 390 g/mol. The third-order valence-corrected chi connectivity index (χ3v) is 4.89. The van der Waals surface area contributed by atoms with Crippen LogP contribution in [0.3, 0.4) is 0 Å². The lowest BCUT2D eigenvalue weighted by Gasteiger charge is -2.29. The van der Waals surface area contributed by atoms with Gasteiger partial charge in [0.2, 0.25) is 5.91 Å². The van der Waals surface area contributed by atoms with Gasteiger partial charge in [0.25, 0.3) is 0 Å². The van der Waals surface area contributed by atoms with Crippen molar-refractivity contribution >= 4 is 34.2 Å². The van der Waals surface area contributed by atoms with Crippen LogP contribution in [0.25, 0.3) is 0 Å². The highest BCUT2D eigenvalue weighted by atomic mass is 79.9. The first-order valence-electron chi connectivity index (χ1n) is 7.68. The fourth-order valence-electron chi connectivity index (χ4n) is 2.93. The molecule has 0 radical (unpaired) electrons. The summed E-state index contributed by atoms with van der Waals surface area (Å²) in [6.07, 6.45) is 3.90. The maximum Gasteiger partial charge on any atom is 0.223 e. The quantitative estimate of drug-likeness (QED) is 0.823. The van der Waals surface area contributed by atoms with Gasteiger partial charge in [-0.05, 0) is 37.0 Å². The molecule has 1 saturated carbocycles. The maximum atomic E-state index is 12.3. The van der Waals surface area contributed by atoms with Gasteiger partial charge in [0, 0.05) is 28.4 Å². The molecule has 0 heterocycles. The summed E-state index contributed by atoms with van der Waals surface area (Å²) < 4.78 is 1.07. The molecule has 1 aromatic rings. The number of hydrogen-bond donors (Lipinski definition) is 2. The van der Waals surface area contributed by atoms with Crippen LogP contribution >= 0.6 is 28.3 Å². The number of amides is 1. The van der Waals surface area contributed by atoms with Crippen LogP contribution in [-0.2, 0) is 10.2 Å². The van der Waals surface area contributed by atoms with Gasteiger partial charge in [0.15, 0.2) is 0 Å². The van der Waals surface area contributed by atoms with E-state index in [4.69, 9.17) is 5.73 Å². The van der Waals surface area contributed by atoms with E-state index < -0.39 is 0 Å². The van der Waals surface area contributed by atoms with Gasteiger partial charge in [-0.3, -0.25) is 4.79 Å². The van der Waals surface area contributed by atoms with Gasteiger partial charge in [-0.1, -0.05) is 48.3 Å². The van der Waals surface area contributed by atoms with E-state index in [-0.39, 0.29) is 35.7 Å². The molecule has 0 spiro atoms. The summed E-state index contributed by atoms with van der Waals surface area (Å²) in [5.41, 5.74) is 7.10. The highest BCUT2D eigenvalue weighted by Gasteiger charge is 2.27. The highest BCUT2D eigenvalue weighted by Crippen LogP contribution is 2.26. The minimum atomic E-state index is -0.0871. The molecule has 2 rings (SSSR count). The largest absolute Gasteiger partial charge is 0.355 e. The van der Waals surface area contributed by atoms with E-state index in [1.165, 1.54) is 5.56 Å². The summed E-state index contributed by atoms with van der Waals surface area (Å²) in [5.74, 6) is 0.250. The SMILES string of the molecule is CC(C)(CNC(=O)C1CCCC(N)C1)c1cccc(Br)c1.Cl. The molecule has 3 nitrogen and oxygen atoms in total. The van der Waals surface area contributed by atoms with Gasteiger partial charge in [0.1, 0.15) is 0 Å². The zero-order chi connectivity index (χ0) is 15.5. The van der Waals surface area contributed by atoms with Crippen molar-refractivity contribution < 1.29 is 4.79 Å². The summed E-state index contributed by atoms with van der Waals surface area (Å²) in [6, 6.07) is 8.45. The van der Waals surface area contributed by atoms with E-state index in [2.05, 4.69) is 47.2 Å². The number of carbonyl (C=O) groups excluding carboxylic acids is 1. The van der Waals surface area contributed by atoms with Crippen LogP contribution in [0.15, 0.2) is 28.7 Å². The lowest BCUT2D eigenvalue weighted by Crippen LogP contribution is -2.42. The molecule has 1 aliphatic rings. The molecule has 22 heavy (non-hydrogen) atoms. The van der Waals surface area contributed by atoms with Crippen LogP contribution in [0.4, 0.5) is 0 Å². The molecule has 1 amide bonds. The molecule has 2 unspecified atom stereocenters. The molecule has 1 aliphatic carbocycles. The predicted molar refractivity (Wildman–Crippen MR) is 97.4 cm³/mol. The minimum Gasteiger partial charge on any atom is -0.355 e. The van der Waals surface area contributed by atoms with Crippen molar-refractivity contribution in [2.75, 3.05) is 6.54 Å². The van der Waals surface area contributed by atoms with Crippen molar-refractivity contribution in [2.45, 2.75) is 51.0 Å². The Hall–Kier alpha value is -0.580. The van der Waals surface area contributed by atoms with E-state index in [0.717, 1.165) is 30.2 Å². The molecule has 2 atom stereocenters. The summed E-state index contributed by atoms with van der Waals surface area (Å²) in [5, 5.41) is 3.12. The predicted octanol–water partition coefficient (Wildman–Crippen LogP) is 3.78. The Morgan fingerprint density at radius 1 is 1.41 bits per heavy atom. The second-order valence-electron chi connectivity index (χ2n) is 6.74. The van der Waals surface area contributed by atoms with Gasteiger partial charge in [-0.2, -0.15) is 0 Å². The zero-order valence-electron chi connectivity index (χ0n) is 13.3. The van der Waals surface area contributed by atoms with Crippen LogP contribution in [-0.4, -0.2) is 18.5 Å². The van der Waals surface area contributed by atoms with Crippen LogP contribution in [0.2, 0.25) is 0 Å². The lowest BCUT2D eigenvalue weighted by molar-refractivity contribution is -0.126. The van der Waals surface area contributed by atoms with E-state index in [9.17, 15) is 4.79 Å². The van der Waals surface area contributed by atoms with Crippen molar-refractivity contribution in [3.05, 3.63) is 34.3 Å². The number of benzene rings is 1. The fraction of sp³-hybridized carbons (Fsp3) is 0.588. The third kappa shape index (κ3) is 5.25. The molecule has 0 aliphatic heterocycles. The van der Waals surface area contributed by atoms with Crippen LogP contribution in [0, 0.1) is 5.92 Å². The second kappa shape index (κ2) is 8.32. The van der Waals surface area contributed by atoms with Crippen LogP contribution in [0.5, 0.6) is 0 Å². The molecular formula is C17H26BrClN2O. The van der Waals surface area contributed by atoms with Crippen LogP contribution < -0.4 is 11.1 Å². The van der Waals surface area contributed by atoms with Crippen molar-refractivity contribution in [1.82, 2.24) is 5.32 Å². The first-order chi connectivity index (χ1) is 9.88. The standard InChI is InChI=1S/C17H25BrN2O.ClH/c1-17(2,13-6-4-7-14(18)10-13)11-20-16(21)12-5-3-8-15(19)9-12;/h4,6-7,10,12,15H,3,5,8-9,11,19H2,1-2H3,(H,20,21);1H. The molecule has 1 fully saturated rings. The van der Waals surface area contributed by atoms with Gasteiger partial charge in [0.05, 0.1) is 0 Å². The monoisotopic (exact) mass is 388 g/mol. The molecule has 1 aromatic carbocycles. The smallest absolute Gasteiger partial charge is 0.223 e. The molecule has 0 aromatic heterocycles. The van der Waals surface area contributed by atoms with E-state index in [1.54, 1.807) is 0 Å². The maximum absolute atomic E-state index is 12.3. The van der Waals surface area contributed by atoms with Gasteiger partial charge >= 0.3 is 0 Å². The van der Waals surface area contributed by atoms with Gasteiger partial charge < -0.3 is 11.1 Å². The normalized spacial score (nSPS) is 21.8. The number of carbonyl (C=O) groups is 1. The van der Waals surface area contributed by atoms with Gasteiger partial charge in [-0.25, -0.2) is 0 Å².